The Hall–Kier alpha value is -2.06. The van der Waals surface area contributed by atoms with Crippen LogP contribution in [0.3, 0.4) is 0 Å². The molecule has 154 valence electrons. The SMILES string of the molecule is COc1c(Cl)cc(C(=O)NC(=S)Nc2ccccc2N2CCN(C)CC2)cc1Cl. The monoisotopic (exact) mass is 452 g/mol. The van der Waals surface area contributed by atoms with Gasteiger partial charge < -0.3 is 19.9 Å². The van der Waals surface area contributed by atoms with E-state index >= 15 is 0 Å². The number of ether oxygens (including phenoxy) is 1. The van der Waals surface area contributed by atoms with Crippen molar-refractivity contribution in [2.75, 3.05) is 50.6 Å². The molecule has 0 aliphatic carbocycles. The molecular formula is C20H22Cl2N4O2S. The molecule has 1 aliphatic rings. The summed E-state index contributed by atoms with van der Waals surface area (Å²) in [7, 11) is 3.58. The molecule has 3 rings (SSSR count). The Balaban J connectivity index is 1.69. The first kappa shape index (κ1) is 21.6. The van der Waals surface area contributed by atoms with Crippen LogP contribution in [0.15, 0.2) is 36.4 Å². The number of halogens is 2. The lowest BCUT2D eigenvalue weighted by atomic mass is 10.2. The van der Waals surface area contributed by atoms with Crippen LogP contribution in [0.4, 0.5) is 11.4 Å². The van der Waals surface area contributed by atoms with E-state index in [1.807, 2.05) is 24.3 Å². The minimum absolute atomic E-state index is 0.194. The number of carbonyl (C=O) groups excluding carboxylic acids is 1. The van der Waals surface area contributed by atoms with E-state index in [-0.39, 0.29) is 20.7 Å². The van der Waals surface area contributed by atoms with Gasteiger partial charge in [0.2, 0.25) is 0 Å². The van der Waals surface area contributed by atoms with E-state index in [0.717, 1.165) is 37.6 Å². The smallest absolute Gasteiger partial charge is 0.257 e. The summed E-state index contributed by atoms with van der Waals surface area (Å²) in [5, 5.41) is 6.50. The van der Waals surface area contributed by atoms with Gasteiger partial charge >= 0.3 is 0 Å². The molecule has 1 heterocycles. The molecule has 2 aromatic carbocycles. The van der Waals surface area contributed by atoms with Gasteiger partial charge in [-0.15, -0.1) is 0 Å². The van der Waals surface area contributed by atoms with E-state index in [1.54, 1.807) is 0 Å². The number of nitrogens with zero attached hydrogens (tertiary/aromatic N) is 2. The summed E-state index contributed by atoms with van der Waals surface area (Å²) >= 11 is 17.6. The van der Waals surface area contributed by atoms with Crippen LogP contribution < -0.4 is 20.3 Å². The van der Waals surface area contributed by atoms with Crippen molar-refractivity contribution >= 4 is 57.8 Å². The van der Waals surface area contributed by atoms with Crippen molar-refractivity contribution in [2.24, 2.45) is 0 Å². The van der Waals surface area contributed by atoms with Gasteiger partial charge in [0, 0.05) is 31.7 Å². The minimum atomic E-state index is -0.411. The molecule has 1 saturated heterocycles. The van der Waals surface area contributed by atoms with Crippen molar-refractivity contribution in [3.63, 3.8) is 0 Å². The molecule has 0 unspecified atom stereocenters. The zero-order valence-corrected chi connectivity index (χ0v) is 18.5. The van der Waals surface area contributed by atoms with E-state index in [1.165, 1.54) is 19.2 Å². The molecule has 0 spiro atoms. The highest BCUT2D eigenvalue weighted by Crippen LogP contribution is 2.33. The number of hydrogen-bond donors (Lipinski definition) is 2. The third-order valence-corrected chi connectivity index (χ3v) is 5.45. The van der Waals surface area contributed by atoms with Gasteiger partial charge in [-0.05, 0) is 43.5 Å². The first-order chi connectivity index (χ1) is 13.9. The lowest BCUT2D eigenvalue weighted by Gasteiger charge is -2.35. The van der Waals surface area contributed by atoms with Gasteiger partial charge in [-0.1, -0.05) is 35.3 Å². The van der Waals surface area contributed by atoms with Crippen LogP contribution in [-0.4, -0.2) is 56.3 Å². The van der Waals surface area contributed by atoms with Crippen molar-refractivity contribution in [3.8, 4) is 5.75 Å². The normalized spacial score (nSPS) is 14.4. The number of anilines is 2. The fraction of sp³-hybridized carbons (Fsp3) is 0.300. The molecule has 6 nitrogen and oxygen atoms in total. The van der Waals surface area contributed by atoms with Gasteiger partial charge in [-0.3, -0.25) is 10.1 Å². The molecular weight excluding hydrogens is 431 g/mol. The number of methoxy groups -OCH3 is 1. The second kappa shape index (κ2) is 9.63. The highest BCUT2D eigenvalue weighted by Gasteiger charge is 2.18. The molecule has 2 N–H and O–H groups in total. The summed E-state index contributed by atoms with van der Waals surface area (Å²) in [4.78, 5) is 17.2. The van der Waals surface area contributed by atoms with E-state index in [9.17, 15) is 4.79 Å². The first-order valence-corrected chi connectivity index (χ1v) is 10.2. The Morgan fingerprint density at radius 2 is 1.72 bits per heavy atom. The topological polar surface area (TPSA) is 56.8 Å². The summed E-state index contributed by atoms with van der Waals surface area (Å²) in [6, 6.07) is 10.9. The predicted molar refractivity (Wildman–Crippen MR) is 123 cm³/mol. The Morgan fingerprint density at radius 1 is 1.10 bits per heavy atom. The summed E-state index contributed by atoms with van der Waals surface area (Å²) in [5.41, 5.74) is 2.18. The van der Waals surface area contributed by atoms with Crippen molar-refractivity contribution in [1.29, 1.82) is 0 Å². The number of carbonyl (C=O) groups is 1. The Bertz CT molecular complexity index is 894. The molecule has 1 fully saturated rings. The van der Waals surface area contributed by atoms with Crippen molar-refractivity contribution in [3.05, 3.63) is 52.0 Å². The maximum absolute atomic E-state index is 12.6. The maximum Gasteiger partial charge on any atom is 0.257 e. The summed E-state index contributed by atoms with van der Waals surface area (Å²) in [5.74, 6) is -0.0854. The predicted octanol–water partition coefficient (Wildman–Crippen LogP) is 3.88. The number of likely N-dealkylation sites (N-methyl/N-ethyl adjacent to an activating group) is 1. The summed E-state index contributed by atoms with van der Waals surface area (Å²) in [6.45, 7) is 3.84. The van der Waals surface area contributed by atoms with Crippen LogP contribution >= 0.6 is 35.4 Å². The van der Waals surface area contributed by atoms with E-state index in [0.29, 0.717) is 5.75 Å². The molecule has 9 heteroatoms. The molecule has 0 bridgehead atoms. The van der Waals surface area contributed by atoms with Crippen LogP contribution in [0.1, 0.15) is 10.4 Å². The number of rotatable bonds is 4. The zero-order chi connectivity index (χ0) is 21.0. The molecule has 0 atom stereocenters. The second-order valence-corrected chi connectivity index (χ2v) is 7.91. The molecule has 1 aliphatic heterocycles. The van der Waals surface area contributed by atoms with Gasteiger partial charge in [0.1, 0.15) is 0 Å². The molecule has 0 radical (unpaired) electrons. The lowest BCUT2D eigenvalue weighted by Crippen LogP contribution is -2.45. The summed E-state index contributed by atoms with van der Waals surface area (Å²) in [6.07, 6.45) is 0. The Kier molecular flexibility index (Phi) is 7.18. The molecule has 2 aromatic rings. The van der Waals surface area contributed by atoms with Crippen molar-refractivity contribution < 1.29 is 9.53 Å². The van der Waals surface area contributed by atoms with Crippen LogP contribution in [-0.2, 0) is 0 Å². The molecule has 29 heavy (non-hydrogen) atoms. The Morgan fingerprint density at radius 3 is 2.34 bits per heavy atom. The lowest BCUT2D eigenvalue weighted by molar-refractivity contribution is 0.0977. The second-order valence-electron chi connectivity index (χ2n) is 6.69. The highest BCUT2D eigenvalue weighted by atomic mass is 35.5. The number of benzene rings is 2. The van der Waals surface area contributed by atoms with Crippen LogP contribution in [0.25, 0.3) is 0 Å². The van der Waals surface area contributed by atoms with Gasteiger partial charge in [0.25, 0.3) is 5.91 Å². The first-order valence-electron chi connectivity index (χ1n) is 9.07. The van der Waals surface area contributed by atoms with E-state index in [4.69, 9.17) is 40.2 Å². The zero-order valence-electron chi connectivity index (χ0n) is 16.2. The van der Waals surface area contributed by atoms with Crippen LogP contribution in [0, 0.1) is 0 Å². The van der Waals surface area contributed by atoms with Crippen molar-refractivity contribution in [2.45, 2.75) is 0 Å². The molecule has 0 saturated carbocycles. The third-order valence-electron chi connectivity index (χ3n) is 4.69. The minimum Gasteiger partial charge on any atom is -0.494 e. The number of thiocarbonyl (C=S) groups is 1. The van der Waals surface area contributed by atoms with Crippen molar-refractivity contribution in [1.82, 2.24) is 10.2 Å². The number of nitrogens with one attached hydrogen (secondary N) is 2. The number of hydrogen-bond acceptors (Lipinski definition) is 5. The van der Waals surface area contributed by atoms with Gasteiger partial charge in [-0.2, -0.15) is 0 Å². The molecule has 1 amide bonds. The third kappa shape index (κ3) is 5.30. The van der Waals surface area contributed by atoms with Crippen LogP contribution in [0.5, 0.6) is 5.75 Å². The van der Waals surface area contributed by atoms with E-state index < -0.39 is 5.91 Å². The average Bonchev–Trinajstić information content (AvgIpc) is 2.69. The van der Waals surface area contributed by atoms with Gasteiger partial charge in [0.05, 0.1) is 28.5 Å². The average molecular weight is 453 g/mol. The molecule has 0 aromatic heterocycles. The van der Waals surface area contributed by atoms with Gasteiger partial charge in [0.15, 0.2) is 10.9 Å². The van der Waals surface area contributed by atoms with Crippen LogP contribution in [0.2, 0.25) is 10.0 Å². The standard InChI is InChI=1S/C20H22Cl2N4O2S/c1-25-7-9-26(10-8-25)17-6-4-3-5-16(17)23-20(29)24-19(27)13-11-14(21)18(28-2)15(22)12-13/h3-6,11-12H,7-10H2,1-2H3,(H2,23,24,27,29). The summed E-state index contributed by atoms with van der Waals surface area (Å²) < 4.78 is 5.11. The number of piperazine rings is 1. The largest absolute Gasteiger partial charge is 0.494 e. The fourth-order valence-corrected chi connectivity index (χ4v) is 3.96. The maximum atomic E-state index is 12.6. The van der Waals surface area contributed by atoms with Gasteiger partial charge in [-0.25, -0.2) is 0 Å². The number of para-hydroxylation sites is 2. The Labute approximate surface area is 185 Å². The van der Waals surface area contributed by atoms with E-state index in [2.05, 4.69) is 27.5 Å². The fourth-order valence-electron chi connectivity index (χ4n) is 3.12. The highest BCUT2D eigenvalue weighted by molar-refractivity contribution is 7.80. The number of amides is 1. The quantitative estimate of drug-likeness (QED) is 0.686.